The number of amides is 3. The predicted octanol–water partition coefficient (Wildman–Crippen LogP) is 2.97. The molecule has 2 aromatic rings. The molecule has 30 heavy (non-hydrogen) atoms. The molecule has 0 aliphatic carbocycles. The minimum atomic E-state index is -0.657. The average molecular weight is 403 g/mol. The molecule has 2 aliphatic rings. The van der Waals surface area contributed by atoms with Gasteiger partial charge in [0.25, 0.3) is 5.91 Å². The van der Waals surface area contributed by atoms with Crippen LogP contribution in [-0.4, -0.2) is 40.7 Å². The summed E-state index contributed by atoms with van der Waals surface area (Å²) in [4.78, 5) is 46.5. The molecule has 0 bridgehead atoms. The molecule has 152 valence electrons. The van der Waals surface area contributed by atoms with Crippen molar-refractivity contribution in [3.8, 4) is 11.3 Å². The van der Waals surface area contributed by atoms with E-state index >= 15 is 0 Å². The van der Waals surface area contributed by atoms with Crippen molar-refractivity contribution < 1.29 is 14.4 Å². The molecule has 3 amide bonds. The Kier molecular flexibility index (Phi) is 4.74. The van der Waals surface area contributed by atoms with Crippen LogP contribution in [0.4, 0.5) is 11.5 Å². The van der Waals surface area contributed by atoms with Gasteiger partial charge >= 0.3 is 0 Å². The number of nitrogens with one attached hydrogen (secondary N) is 2. The van der Waals surface area contributed by atoms with E-state index in [0.29, 0.717) is 29.2 Å². The minimum absolute atomic E-state index is 0.207. The Balaban J connectivity index is 1.72. The number of piperidine rings is 1. The summed E-state index contributed by atoms with van der Waals surface area (Å²) in [5.41, 5.74) is 4.20. The standard InChI is InChI=1S/C22H21N5O3/c1-11-9-16(25-20(24-4)19(11)23-3)13-5-6-14-15(10-13)12(2)27(22(14)30)17-7-8-18(28)26-21(17)29/h5-6,9-10,12,17H,7-8H2,1-2,4H3,(H,24,25)(H,26,28,29)/t12-,17?/m1/s1. The van der Waals surface area contributed by atoms with E-state index in [2.05, 4.69) is 20.5 Å². The quantitative estimate of drug-likeness (QED) is 0.607. The molecule has 2 N–H and O–H groups in total. The number of imide groups is 1. The van der Waals surface area contributed by atoms with Gasteiger partial charge in [-0.3, -0.25) is 19.7 Å². The molecular formula is C22H21N5O3. The van der Waals surface area contributed by atoms with Gasteiger partial charge in [0.15, 0.2) is 0 Å². The van der Waals surface area contributed by atoms with Crippen LogP contribution < -0.4 is 10.6 Å². The molecule has 8 nitrogen and oxygen atoms in total. The van der Waals surface area contributed by atoms with Crippen LogP contribution in [-0.2, 0) is 9.59 Å². The molecule has 1 saturated heterocycles. The number of benzene rings is 1. The molecule has 1 aromatic carbocycles. The van der Waals surface area contributed by atoms with E-state index in [4.69, 9.17) is 6.57 Å². The number of anilines is 1. The molecule has 0 spiro atoms. The Morgan fingerprint density at radius 3 is 2.70 bits per heavy atom. The molecule has 1 fully saturated rings. The number of nitrogens with zero attached hydrogens (tertiary/aromatic N) is 3. The largest absolute Gasteiger partial charge is 0.382 e. The van der Waals surface area contributed by atoms with Crippen molar-refractivity contribution >= 4 is 29.2 Å². The summed E-state index contributed by atoms with van der Waals surface area (Å²) in [5.74, 6) is -0.429. The van der Waals surface area contributed by atoms with Crippen molar-refractivity contribution in [1.29, 1.82) is 0 Å². The molecule has 2 aliphatic heterocycles. The van der Waals surface area contributed by atoms with E-state index in [1.54, 1.807) is 18.0 Å². The second-order valence-corrected chi connectivity index (χ2v) is 7.54. The zero-order valence-corrected chi connectivity index (χ0v) is 16.9. The van der Waals surface area contributed by atoms with Crippen LogP contribution in [0, 0.1) is 13.5 Å². The highest BCUT2D eigenvalue weighted by molar-refractivity contribution is 6.06. The van der Waals surface area contributed by atoms with Crippen LogP contribution in [0.15, 0.2) is 24.3 Å². The van der Waals surface area contributed by atoms with Gasteiger partial charge in [-0.15, -0.1) is 0 Å². The highest BCUT2D eigenvalue weighted by atomic mass is 16.2. The smallest absolute Gasteiger partial charge is 0.255 e. The molecule has 1 aromatic heterocycles. The van der Waals surface area contributed by atoms with Gasteiger partial charge < -0.3 is 10.2 Å². The Labute approximate surface area is 174 Å². The fourth-order valence-corrected chi connectivity index (χ4v) is 4.22. The van der Waals surface area contributed by atoms with Gasteiger partial charge in [0.2, 0.25) is 17.5 Å². The van der Waals surface area contributed by atoms with Crippen LogP contribution >= 0.6 is 0 Å². The molecule has 4 rings (SSSR count). The molecule has 1 unspecified atom stereocenters. The van der Waals surface area contributed by atoms with Crippen molar-refractivity contribution in [1.82, 2.24) is 15.2 Å². The van der Waals surface area contributed by atoms with Gasteiger partial charge in [0, 0.05) is 24.6 Å². The zero-order chi connectivity index (χ0) is 21.6. The van der Waals surface area contributed by atoms with E-state index in [1.807, 2.05) is 32.0 Å². The first kappa shape index (κ1) is 19.6. The highest BCUT2D eigenvalue weighted by Gasteiger charge is 2.43. The Bertz CT molecular complexity index is 1130. The van der Waals surface area contributed by atoms with Crippen molar-refractivity contribution in [2.75, 3.05) is 12.4 Å². The number of hydrogen-bond donors (Lipinski definition) is 2. The van der Waals surface area contributed by atoms with E-state index < -0.39 is 11.9 Å². The third-order valence-corrected chi connectivity index (χ3v) is 5.76. The third kappa shape index (κ3) is 2.99. The number of fused-ring (bicyclic) bond motifs is 1. The number of hydrogen-bond acceptors (Lipinski definition) is 5. The third-order valence-electron chi connectivity index (χ3n) is 5.76. The molecule has 0 radical (unpaired) electrons. The Morgan fingerprint density at radius 1 is 1.27 bits per heavy atom. The second-order valence-electron chi connectivity index (χ2n) is 7.54. The first-order chi connectivity index (χ1) is 14.3. The number of aryl methyl sites for hydroxylation is 1. The summed E-state index contributed by atoms with van der Waals surface area (Å²) >= 11 is 0. The SMILES string of the molecule is [C-]#[N+]c1c(C)cc(-c2ccc3c(c2)[C@@H](C)N(C2CCC(=O)NC2=O)C3=O)nc1NC. The van der Waals surface area contributed by atoms with Crippen molar-refractivity contribution in [3.63, 3.8) is 0 Å². The molecule has 8 heteroatoms. The lowest BCUT2D eigenvalue weighted by Crippen LogP contribution is -2.53. The molecule has 0 saturated carbocycles. The summed E-state index contributed by atoms with van der Waals surface area (Å²) in [6.45, 7) is 11.1. The topological polar surface area (TPSA) is 95.8 Å². The van der Waals surface area contributed by atoms with Crippen LogP contribution in [0.25, 0.3) is 16.1 Å². The molecular weight excluding hydrogens is 382 g/mol. The minimum Gasteiger partial charge on any atom is -0.382 e. The van der Waals surface area contributed by atoms with Crippen LogP contribution in [0.1, 0.15) is 47.3 Å². The fraction of sp³-hybridized carbons (Fsp3) is 0.318. The first-order valence-electron chi connectivity index (χ1n) is 9.73. The normalized spacial score (nSPS) is 20.6. The fourth-order valence-electron chi connectivity index (χ4n) is 4.22. The van der Waals surface area contributed by atoms with E-state index in [9.17, 15) is 14.4 Å². The van der Waals surface area contributed by atoms with Crippen molar-refractivity contribution in [2.24, 2.45) is 0 Å². The maximum absolute atomic E-state index is 13.0. The van der Waals surface area contributed by atoms with Crippen molar-refractivity contribution in [2.45, 2.75) is 38.8 Å². The molecule has 2 atom stereocenters. The number of pyridine rings is 1. The summed E-state index contributed by atoms with van der Waals surface area (Å²) < 4.78 is 0. The summed E-state index contributed by atoms with van der Waals surface area (Å²) in [6.07, 6.45) is 0.545. The van der Waals surface area contributed by atoms with Gasteiger partial charge in [-0.2, -0.15) is 0 Å². The number of carbonyl (C=O) groups excluding carboxylic acids is 3. The predicted molar refractivity (Wildman–Crippen MR) is 111 cm³/mol. The summed E-state index contributed by atoms with van der Waals surface area (Å²) in [6, 6.07) is 6.40. The van der Waals surface area contributed by atoms with Crippen LogP contribution in [0.2, 0.25) is 0 Å². The maximum Gasteiger partial charge on any atom is 0.255 e. The van der Waals surface area contributed by atoms with Gasteiger partial charge in [-0.05, 0) is 49.6 Å². The lowest BCUT2D eigenvalue weighted by Gasteiger charge is -2.32. The van der Waals surface area contributed by atoms with Crippen LogP contribution in [0.3, 0.4) is 0 Å². The number of aromatic nitrogens is 1. The van der Waals surface area contributed by atoms with E-state index in [0.717, 1.165) is 16.7 Å². The second kappa shape index (κ2) is 7.26. The monoisotopic (exact) mass is 403 g/mol. The van der Waals surface area contributed by atoms with Crippen LogP contribution in [0.5, 0.6) is 0 Å². The van der Waals surface area contributed by atoms with Crippen molar-refractivity contribution in [3.05, 3.63) is 52.4 Å². The summed E-state index contributed by atoms with van der Waals surface area (Å²) in [5, 5.41) is 5.29. The number of rotatable bonds is 3. The Morgan fingerprint density at radius 2 is 2.03 bits per heavy atom. The summed E-state index contributed by atoms with van der Waals surface area (Å²) in [7, 11) is 1.72. The lowest BCUT2D eigenvalue weighted by atomic mass is 9.99. The van der Waals surface area contributed by atoms with E-state index in [-0.39, 0.29) is 24.3 Å². The first-order valence-corrected chi connectivity index (χ1v) is 9.73. The van der Waals surface area contributed by atoms with Gasteiger partial charge in [-0.1, -0.05) is 6.07 Å². The highest BCUT2D eigenvalue weighted by Crippen LogP contribution is 2.39. The van der Waals surface area contributed by atoms with E-state index in [1.165, 1.54) is 0 Å². The lowest BCUT2D eigenvalue weighted by molar-refractivity contribution is -0.137. The zero-order valence-electron chi connectivity index (χ0n) is 16.9. The Hall–Kier alpha value is -3.73. The molecule has 3 heterocycles. The average Bonchev–Trinajstić information content (AvgIpc) is 2.97. The number of carbonyl (C=O) groups is 3. The van der Waals surface area contributed by atoms with Gasteiger partial charge in [-0.25, -0.2) is 9.83 Å². The van der Waals surface area contributed by atoms with Gasteiger partial charge in [0.1, 0.15) is 11.9 Å². The van der Waals surface area contributed by atoms with Gasteiger partial charge in [0.05, 0.1) is 18.3 Å². The maximum atomic E-state index is 13.0.